The predicted octanol–water partition coefficient (Wildman–Crippen LogP) is 1.37. The first-order chi connectivity index (χ1) is 9.38. The standard InChI is InChI=1S/C13H24N4O2S/c1-9(2)14-7-12-8-15-16-13(12)20(18,19)17-10(3)6-11-4-5-11/h8-11,14,17H,4-7H2,1-3H3,(H,15,16). The lowest BCUT2D eigenvalue weighted by Crippen LogP contribution is -2.34. The minimum atomic E-state index is -3.52. The highest BCUT2D eigenvalue weighted by atomic mass is 32.2. The van der Waals surface area contributed by atoms with E-state index in [1.807, 2.05) is 20.8 Å². The Kier molecular flexibility index (Phi) is 4.82. The lowest BCUT2D eigenvalue weighted by molar-refractivity contribution is 0.524. The van der Waals surface area contributed by atoms with Gasteiger partial charge in [0, 0.05) is 24.2 Å². The summed E-state index contributed by atoms with van der Waals surface area (Å²) in [7, 11) is -3.52. The summed E-state index contributed by atoms with van der Waals surface area (Å²) in [6, 6.07) is 0.254. The van der Waals surface area contributed by atoms with Crippen molar-refractivity contribution in [3.8, 4) is 0 Å². The maximum atomic E-state index is 12.4. The first-order valence-corrected chi connectivity index (χ1v) is 8.64. The number of hydrogen-bond acceptors (Lipinski definition) is 4. The van der Waals surface area contributed by atoms with Crippen LogP contribution in [0.4, 0.5) is 0 Å². The minimum absolute atomic E-state index is 0.0401. The molecule has 1 aromatic heterocycles. The molecule has 1 heterocycles. The van der Waals surface area contributed by atoms with Crippen LogP contribution in [0.25, 0.3) is 0 Å². The van der Waals surface area contributed by atoms with Crippen molar-refractivity contribution in [1.29, 1.82) is 0 Å². The molecule has 6 nitrogen and oxygen atoms in total. The van der Waals surface area contributed by atoms with Gasteiger partial charge in [-0.25, -0.2) is 13.1 Å². The van der Waals surface area contributed by atoms with Crippen LogP contribution >= 0.6 is 0 Å². The van der Waals surface area contributed by atoms with Crippen LogP contribution in [0.1, 0.15) is 45.6 Å². The zero-order valence-corrected chi connectivity index (χ0v) is 13.1. The number of aromatic amines is 1. The molecule has 0 amide bonds. The molecule has 0 saturated heterocycles. The van der Waals surface area contributed by atoms with E-state index in [2.05, 4.69) is 20.2 Å². The predicted molar refractivity (Wildman–Crippen MR) is 77.7 cm³/mol. The lowest BCUT2D eigenvalue weighted by Gasteiger charge is -2.14. The fourth-order valence-electron chi connectivity index (χ4n) is 2.20. The lowest BCUT2D eigenvalue weighted by atomic mass is 10.2. The van der Waals surface area contributed by atoms with Gasteiger partial charge < -0.3 is 5.32 Å². The quantitative estimate of drug-likeness (QED) is 0.677. The fourth-order valence-corrected chi connectivity index (χ4v) is 3.58. The second-order valence-electron chi connectivity index (χ2n) is 5.96. The number of nitrogens with zero attached hydrogens (tertiary/aromatic N) is 1. The fraction of sp³-hybridized carbons (Fsp3) is 0.769. The third kappa shape index (κ3) is 4.29. The molecular formula is C13H24N4O2S. The molecule has 1 aromatic rings. The SMILES string of the molecule is CC(C)NCc1cn[nH]c1S(=O)(=O)NC(C)CC1CC1. The van der Waals surface area contributed by atoms with E-state index in [0.29, 0.717) is 24.1 Å². The van der Waals surface area contributed by atoms with E-state index < -0.39 is 10.0 Å². The van der Waals surface area contributed by atoms with Gasteiger partial charge in [0.1, 0.15) is 0 Å². The molecule has 20 heavy (non-hydrogen) atoms. The van der Waals surface area contributed by atoms with Crippen LogP contribution in [0.2, 0.25) is 0 Å². The summed E-state index contributed by atoms with van der Waals surface area (Å²) in [5.74, 6) is 0.691. The number of hydrogen-bond donors (Lipinski definition) is 3. The van der Waals surface area contributed by atoms with Gasteiger partial charge in [-0.15, -0.1) is 0 Å². The minimum Gasteiger partial charge on any atom is -0.310 e. The van der Waals surface area contributed by atoms with Gasteiger partial charge in [0.05, 0.1) is 6.20 Å². The van der Waals surface area contributed by atoms with Crippen LogP contribution in [0, 0.1) is 5.92 Å². The van der Waals surface area contributed by atoms with Gasteiger partial charge in [0.2, 0.25) is 0 Å². The average molecular weight is 300 g/mol. The van der Waals surface area contributed by atoms with Crippen molar-refractivity contribution < 1.29 is 8.42 Å². The Morgan fingerprint density at radius 2 is 2.10 bits per heavy atom. The molecular weight excluding hydrogens is 276 g/mol. The maximum absolute atomic E-state index is 12.4. The highest BCUT2D eigenvalue weighted by Gasteiger charge is 2.27. The Labute approximate surface area is 120 Å². The normalized spacial score (nSPS) is 17.6. The largest absolute Gasteiger partial charge is 0.310 e. The molecule has 7 heteroatoms. The number of sulfonamides is 1. The Morgan fingerprint density at radius 1 is 1.40 bits per heavy atom. The smallest absolute Gasteiger partial charge is 0.258 e. The van der Waals surface area contributed by atoms with Crippen LogP contribution in [0.5, 0.6) is 0 Å². The molecule has 1 atom stereocenters. The topological polar surface area (TPSA) is 86.9 Å². The van der Waals surface area contributed by atoms with Gasteiger partial charge in [0.25, 0.3) is 10.0 Å². The Balaban J connectivity index is 2.02. The van der Waals surface area contributed by atoms with Crippen LogP contribution < -0.4 is 10.0 Å². The zero-order chi connectivity index (χ0) is 14.8. The van der Waals surface area contributed by atoms with E-state index in [-0.39, 0.29) is 11.1 Å². The monoisotopic (exact) mass is 300 g/mol. The third-order valence-electron chi connectivity index (χ3n) is 3.39. The average Bonchev–Trinajstić information content (AvgIpc) is 3.00. The van der Waals surface area contributed by atoms with Crippen molar-refractivity contribution in [2.45, 2.75) is 63.7 Å². The Hall–Kier alpha value is -0.920. The molecule has 2 rings (SSSR count). The summed E-state index contributed by atoms with van der Waals surface area (Å²) in [5.41, 5.74) is 0.671. The molecule has 3 N–H and O–H groups in total. The first kappa shape index (κ1) is 15.5. The van der Waals surface area contributed by atoms with E-state index in [1.165, 1.54) is 12.8 Å². The summed E-state index contributed by atoms with van der Waals surface area (Å²) in [5, 5.41) is 9.84. The van der Waals surface area contributed by atoms with Gasteiger partial charge in [-0.05, 0) is 19.3 Å². The van der Waals surface area contributed by atoms with E-state index in [0.717, 1.165) is 6.42 Å². The molecule has 1 saturated carbocycles. The molecule has 114 valence electrons. The highest BCUT2D eigenvalue weighted by Crippen LogP contribution is 2.33. The van der Waals surface area contributed by atoms with E-state index >= 15 is 0 Å². The Bertz CT molecular complexity index is 534. The van der Waals surface area contributed by atoms with E-state index in [9.17, 15) is 8.42 Å². The number of rotatable bonds is 8. The second kappa shape index (κ2) is 6.24. The molecule has 0 spiro atoms. The molecule has 0 bridgehead atoms. The highest BCUT2D eigenvalue weighted by molar-refractivity contribution is 7.89. The van der Waals surface area contributed by atoms with Gasteiger partial charge in [-0.3, -0.25) is 5.10 Å². The molecule has 0 aliphatic heterocycles. The molecule has 1 fully saturated rings. The van der Waals surface area contributed by atoms with Gasteiger partial charge in [-0.2, -0.15) is 5.10 Å². The van der Waals surface area contributed by atoms with Gasteiger partial charge in [-0.1, -0.05) is 26.7 Å². The Morgan fingerprint density at radius 3 is 2.70 bits per heavy atom. The molecule has 0 radical (unpaired) electrons. The molecule has 0 aromatic carbocycles. The summed E-state index contributed by atoms with van der Waals surface area (Å²) in [4.78, 5) is 0. The van der Waals surface area contributed by atoms with Crippen LogP contribution in [0.15, 0.2) is 11.2 Å². The van der Waals surface area contributed by atoms with Crippen molar-refractivity contribution in [1.82, 2.24) is 20.2 Å². The second-order valence-corrected chi connectivity index (χ2v) is 7.61. The number of H-pyrrole nitrogens is 1. The summed E-state index contributed by atoms with van der Waals surface area (Å²) < 4.78 is 27.5. The van der Waals surface area contributed by atoms with Crippen molar-refractivity contribution in [2.24, 2.45) is 5.92 Å². The van der Waals surface area contributed by atoms with Crippen molar-refractivity contribution in [2.75, 3.05) is 0 Å². The van der Waals surface area contributed by atoms with Gasteiger partial charge >= 0.3 is 0 Å². The van der Waals surface area contributed by atoms with Crippen molar-refractivity contribution in [3.63, 3.8) is 0 Å². The van der Waals surface area contributed by atoms with E-state index in [4.69, 9.17) is 0 Å². The number of aromatic nitrogens is 2. The summed E-state index contributed by atoms with van der Waals surface area (Å²) >= 11 is 0. The van der Waals surface area contributed by atoms with Gasteiger partial charge in [0.15, 0.2) is 5.03 Å². The summed E-state index contributed by atoms with van der Waals surface area (Å²) in [6.07, 6.45) is 4.92. The summed E-state index contributed by atoms with van der Waals surface area (Å²) in [6.45, 7) is 6.44. The van der Waals surface area contributed by atoms with Crippen molar-refractivity contribution >= 4 is 10.0 Å². The molecule has 1 aliphatic rings. The van der Waals surface area contributed by atoms with Crippen LogP contribution in [-0.2, 0) is 16.6 Å². The maximum Gasteiger partial charge on any atom is 0.258 e. The first-order valence-electron chi connectivity index (χ1n) is 7.16. The zero-order valence-electron chi connectivity index (χ0n) is 12.3. The van der Waals surface area contributed by atoms with Crippen LogP contribution in [0.3, 0.4) is 0 Å². The van der Waals surface area contributed by atoms with Crippen LogP contribution in [-0.4, -0.2) is 30.7 Å². The number of nitrogens with one attached hydrogen (secondary N) is 3. The molecule has 1 aliphatic carbocycles. The molecule has 1 unspecified atom stereocenters. The third-order valence-corrected chi connectivity index (χ3v) is 4.99. The van der Waals surface area contributed by atoms with Crippen molar-refractivity contribution in [3.05, 3.63) is 11.8 Å². The van der Waals surface area contributed by atoms with E-state index in [1.54, 1.807) is 6.20 Å².